The maximum Gasteiger partial charge on any atom is 0.416 e. The van der Waals surface area contributed by atoms with Crippen molar-refractivity contribution < 1.29 is 22.7 Å². The van der Waals surface area contributed by atoms with Gasteiger partial charge in [0.25, 0.3) is 0 Å². The fraction of sp³-hybridized carbons (Fsp3) is 0.200. The summed E-state index contributed by atoms with van der Waals surface area (Å²) in [7, 11) is 0. The van der Waals surface area contributed by atoms with E-state index >= 15 is 0 Å². The molecule has 7 heteroatoms. The highest BCUT2D eigenvalue weighted by atomic mass is 19.4. The van der Waals surface area contributed by atoms with Crippen LogP contribution in [0.3, 0.4) is 0 Å². The number of hydrogen-bond acceptors (Lipinski definition) is 4. The van der Waals surface area contributed by atoms with Crippen molar-refractivity contribution in [1.82, 2.24) is 4.98 Å². The Hall–Kier alpha value is -2.57. The van der Waals surface area contributed by atoms with Gasteiger partial charge < -0.3 is 10.5 Å². The number of carbonyl (C=O) groups is 1. The monoisotopic (exact) mass is 310 g/mol. The van der Waals surface area contributed by atoms with Crippen LogP contribution < -0.4 is 5.73 Å². The van der Waals surface area contributed by atoms with Gasteiger partial charge in [0, 0.05) is 11.8 Å². The second-order valence-corrected chi connectivity index (χ2v) is 4.45. The maximum atomic E-state index is 12.5. The lowest BCUT2D eigenvalue weighted by molar-refractivity contribution is -0.137. The van der Waals surface area contributed by atoms with E-state index in [1.54, 1.807) is 6.92 Å². The SMILES string of the molecule is CCOC(=O)c1cc(-c2ccc(C(F)(F)F)cc2)cnc1N. The van der Waals surface area contributed by atoms with E-state index in [1.165, 1.54) is 24.4 Å². The predicted octanol–water partition coefficient (Wildman–Crippen LogP) is 3.53. The highest BCUT2D eigenvalue weighted by molar-refractivity contribution is 5.95. The zero-order valence-corrected chi connectivity index (χ0v) is 11.6. The van der Waals surface area contributed by atoms with E-state index in [0.29, 0.717) is 11.1 Å². The number of pyridine rings is 1. The van der Waals surface area contributed by atoms with E-state index in [4.69, 9.17) is 10.5 Å². The van der Waals surface area contributed by atoms with Gasteiger partial charge in [0.15, 0.2) is 0 Å². The Balaban J connectivity index is 2.37. The molecule has 0 aliphatic carbocycles. The number of hydrogen-bond donors (Lipinski definition) is 1. The summed E-state index contributed by atoms with van der Waals surface area (Å²) in [6.45, 7) is 1.84. The molecule has 0 saturated heterocycles. The molecule has 1 aromatic carbocycles. The highest BCUT2D eigenvalue weighted by Crippen LogP contribution is 2.31. The first-order chi connectivity index (χ1) is 10.3. The van der Waals surface area contributed by atoms with Crippen LogP contribution in [0.5, 0.6) is 0 Å². The fourth-order valence-corrected chi connectivity index (χ4v) is 1.86. The average molecular weight is 310 g/mol. The summed E-state index contributed by atoms with van der Waals surface area (Å²) >= 11 is 0. The first-order valence-electron chi connectivity index (χ1n) is 6.43. The van der Waals surface area contributed by atoms with Crippen LogP contribution in [0.25, 0.3) is 11.1 Å². The minimum atomic E-state index is -4.39. The second-order valence-electron chi connectivity index (χ2n) is 4.45. The summed E-state index contributed by atoms with van der Waals surface area (Å²) in [5, 5.41) is 0. The molecule has 0 radical (unpaired) electrons. The minimum absolute atomic E-state index is 0.00844. The molecule has 0 spiro atoms. The molecule has 22 heavy (non-hydrogen) atoms. The molecule has 0 fully saturated rings. The number of benzene rings is 1. The molecule has 2 N–H and O–H groups in total. The quantitative estimate of drug-likeness (QED) is 0.881. The third-order valence-corrected chi connectivity index (χ3v) is 2.96. The molecule has 0 unspecified atom stereocenters. The van der Waals surface area contributed by atoms with Crippen LogP contribution in [-0.4, -0.2) is 17.6 Å². The zero-order chi connectivity index (χ0) is 16.3. The molecule has 0 bridgehead atoms. The number of nitrogens with zero attached hydrogens (tertiary/aromatic N) is 1. The Morgan fingerprint density at radius 2 is 1.86 bits per heavy atom. The smallest absolute Gasteiger partial charge is 0.416 e. The van der Waals surface area contributed by atoms with Gasteiger partial charge in [-0.2, -0.15) is 13.2 Å². The van der Waals surface area contributed by atoms with Crippen LogP contribution in [0.15, 0.2) is 36.5 Å². The van der Waals surface area contributed by atoms with Crippen molar-refractivity contribution in [3.63, 3.8) is 0 Å². The van der Waals surface area contributed by atoms with E-state index in [1.807, 2.05) is 0 Å². The zero-order valence-electron chi connectivity index (χ0n) is 11.6. The van der Waals surface area contributed by atoms with Gasteiger partial charge in [-0.3, -0.25) is 0 Å². The van der Waals surface area contributed by atoms with Gasteiger partial charge in [0.2, 0.25) is 0 Å². The number of rotatable bonds is 3. The molecule has 0 saturated carbocycles. The van der Waals surface area contributed by atoms with Crippen LogP contribution in [-0.2, 0) is 10.9 Å². The van der Waals surface area contributed by atoms with Crippen LogP contribution in [0.1, 0.15) is 22.8 Å². The number of esters is 1. The Labute approximate surface area is 124 Å². The van der Waals surface area contributed by atoms with Crippen molar-refractivity contribution in [3.05, 3.63) is 47.7 Å². The van der Waals surface area contributed by atoms with Crippen molar-refractivity contribution in [2.24, 2.45) is 0 Å². The summed E-state index contributed by atoms with van der Waals surface area (Å²) in [6.07, 6.45) is -3.01. The summed E-state index contributed by atoms with van der Waals surface area (Å²) in [6, 6.07) is 6.00. The van der Waals surface area contributed by atoms with Crippen molar-refractivity contribution in [2.45, 2.75) is 13.1 Å². The lowest BCUT2D eigenvalue weighted by Gasteiger charge is -2.09. The summed E-state index contributed by atoms with van der Waals surface area (Å²) in [5.74, 6) is -0.615. The van der Waals surface area contributed by atoms with Gasteiger partial charge >= 0.3 is 12.1 Å². The largest absolute Gasteiger partial charge is 0.462 e. The van der Waals surface area contributed by atoms with Crippen molar-refractivity contribution in [1.29, 1.82) is 0 Å². The Kier molecular flexibility index (Phi) is 4.35. The van der Waals surface area contributed by atoms with E-state index in [0.717, 1.165) is 12.1 Å². The molecule has 0 aliphatic rings. The molecule has 2 rings (SSSR count). The molecule has 116 valence electrons. The van der Waals surface area contributed by atoms with Crippen molar-refractivity contribution >= 4 is 11.8 Å². The van der Waals surface area contributed by atoms with Crippen LogP contribution in [0, 0.1) is 0 Å². The Morgan fingerprint density at radius 1 is 1.23 bits per heavy atom. The van der Waals surface area contributed by atoms with E-state index < -0.39 is 17.7 Å². The topological polar surface area (TPSA) is 65.2 Å². The van der Waals surface area contributed by atoms with Crippen LogP contribution in [0.2, 0.25) is 0 Å². The molecule has 4 nitrogen and oxygen atoms in total. The number of nitrogens with two attached hydrogens (primary N) is 1. The first kappa shape index (κ1) is 15.8. The van der Waals surface area contributed by atoms with E-state index in [-0.39, 0.29) is 18.0 Å². The van der Waals surface area contributed by atoms with Gasteiger partial charge in [-0.1, -0.05) is 12.1 Å². The van der Waals surface area contributed by atoms with Crippen LogP contribution in [0.4, 0.5) is 19.0 Å². The van der Waals surface area contributed by atoms with Gasteiger partial charge in [0.05, 0.1) is 12.2 Å². The van der Waals surface area contributed by atoms with Gasteiger partial charge in [-0.15, -0.1) is 0 Å². The molecule has 1 aromatic heterocycles. The molecular weight excluding hydrogens is 297 g/mol. The van der Waals surface area contributed by atoms with Crippen molar-refractivity contribution in [3.8, 4) is 11.1 Å². The highest BCUT2D eigenvalue weighted by Gasteiger charge is 2.30. The summed E-state index contributed by atoms with van der Waals surface area (Å²) in [4.78, 5) is 15.6. The van der Waals surface area contributed by atoms with Crippen LogP contribution >= 0.6 is 0 Å². The minimum Gasteiger partial charge on any atom is -0.462 e. The van der Waals surface area contributed by atoms with E-state index in [2.05, 4.69) is 4.98 Å². The number of alkyl halides is 3. The van der Waals surface area contributed by atoms with Crippen molar-refractivity contribution in [2.75, 3.05) is 12.3 Å². The molecule has 0 atom stereocenters. The fourth-order valence-electron chi connectivity index (χ4n) is 1.86. The third kappa shape index (κ3) is 3.36. The molecule has 1 heterocycles. The maximum absolute atomic E-state index is 12.5. The summed E-state index contributed by atoms with van der Waals surface area (Å²) < 4.78 is 42.5. The predicted molar refractivity (Wildman–Crippen MR) is 75.0 cm³/mol. The lowest BCUT2D eigenvalue weighted by Crippen LogP contribution is -2.09. The Bertz CT molecular complexity index is 682. The number of aromatic nitrogens is 1. The lowest BCUT2D eigenvalue weighted by atomic mass is 10.0. The number of halogens is 3. The van der Waals surface area contributed by atoms with Gasteiger partial charge in [0.1, 0.15) is 11.4 Å². The normalized spacial score (nSPS) is 11.3. The van der Waals surface area contributed by atoms with Gasteiger partial charge in [-0.05, 0) is 30.7 Å². The number of carbonyl (C=O) groups excluding carboxylic acids is 1. The first-order valence-corrected chi connectivity index (χ1v) is 6.43. The average Bonchev–Trinajstić information content (AvgIpc) is 2.47. The number of ether oxygens (including phenoxy) is 1. The van der Waals surface area contributed by atoms with Gasteiger partial charge in [-0.25, -0.2) is 9.78 Å². The second kappa shape index (κ2) is 6.05. The third-order valence-electron chi connectivity index (χ3n) is 2.96. The summed E-state index contributed by atoms with van der Waals surface area (Å²) in [5.41, 5.74) is 5.93. The molecule has 2 aromatic rings. The standard InChI is InChI=1S/C15H13F3N2O2/c1-2-22-14(21)12-7-10(8-20-13(12)19)9-3-5-11(6-4-9)15(16,17)18/h3-8H,2H2,1H3,(H2,19,20). The molecule has 0 aliphatic heterocycles. The van der Waals surface area contributed by atoms with E-state index in [9.17, 15) is 18.0 Å². The number of nitrogen functional groups attached to an aromatic ring is 1. The molecule has 0 amide bonds. The molecular formula is C15H13F3N2O2. The Morgan fingerprint density at radius 3 is 2.41 bits per heavy atom. The number of anilines is 1.